The third-order valence-electron chi connectivity index (χ3n) is 3.49. The fourth-order valence-corrected chi connectivity index (χ4v) is 2.28. The molecule has 1 heterocycles. The SMILES string of the molecule is O=C(CNC(=O)c1ccco1)NN=Cc1c(O)ccc2ccccc12. The quantitative estimate of drug-likeness (QED) is 0.489. The highest BCUT2D eigenvalue weighted by molar-refractivity contribution is 6.02. The van der Waals surface area contributed by atoms with Gasteiger partial charge >= 0.3 is 0 Å². The van der Waals surface area contributed by atoms with Gasteiger partial charge in [-0.25, -0.2) is 5.43 Å². The number of hydrogen-bond donors (Lipinski definition) is 3. The number of carbonyl (C=O) groups is 2. The van der Waals surface area contributed by atoms with Crippen LogP contribution in [0.15, 0.2) is 64.3 Å². The van der Waals surface area contributed by atoms with Gasteiger partial charge in [0.1, 0.15) is 5.75 Å². The Morgan fingerprint density at radius 2 is 1.96 bits per heavy atom. The second kappa shape index (κ2) is 7.31. The second-order valence-electron chi connectivity index (χ2n) is 5.17. The number of hydrogen-bond acceptors (Lipinski definition) is 5. The molecule has 3 rings (SSSR count). The van der Waals surface area contributed by atoms with Crippen LogP contribution in [-0.4, -0.2) is 29.7 Å². The molecular weight excluding hydrogens is 322 g/mol. The van der Waals surface area contributed by atoms with E-state index in [1.54, 1.807) is 18.2 Å². The van der Waals surface area contributed by atoms with Crippen molar-refractivity contribution in [1.82, 2.24) is 10.7 Å². The highest BCUT2D eigenvalue weighted by Gasteiger charge is 2.10. The van der Waals surface area contributed by atoms with E-state index in [9.17, 15) is 14.7 Å². The lowest BCUT2D eigenvalue weighted by Gasteiger charge is -2.05. The van der Waals surface area contributed by atoms with Gasteiger partial charge in [-0.1, -0.05) is 30.3 Å². The van der Waals surface area contributed by atoms with Gasteiger partial charge in [0.05, 0.1) is 19.0 Å². The molecule has 0 saturated heterocycles. The maximum atomic E-state index is 11.7. The fraction of sp³-hybridized carbons (Fsp3) is 0.0556. The first kappa shape index (κ1) is 16.3. The Balaban J connectivity index is 1.61. The average Bonchev–Trinajstić information content (AvgIpc) is 3.16. The molecule has 0 saturated carbocycles. The molecule has 2 amide bonds. The number of nitrogens with zero attached hydrogens (tertiary/aromatic N) is 1. The molecule has 0 unspecified atom stereocenters. The number of carbonyl (C=O) groups excluding carboxylic acids is 2. The van der Waals surface area contributed by atoms with Crippen molar-refractivity contribution in [1.29, 1.82) is 0 Å². The molecule has 0 atom stereocenters. The topological polar surface area (TPSA) is 104 Å². The Morgan fingerprint density at radius 1 is 1.12 bits per heavy atom. The largest absolute Gasteiger partial charge is 0.507 e. The summed E-state index contributed by atoms with van der Waals surface area (Å²) in [6.07, 6.45) is 2.74. The standard InChI is InChI=1S/C18H15N3O4/c22-15-8-7-12-4-1-2-5-13(12)14(15)10-20-21-17(23)11-19-18(24)16-6-3-9-25-16/h1-10,22H,11H2,(H,19,24)(H,21,23). The zero-order valence-corrected chi connectivity index (χ0v) is 13.1. The van der Waals surface area contributed by atoms with Crippen LogP contribution in [0.5, 0.6) is 5.75 Å². The Bertz CT molecular complexity index is 933. The molecule has 2 aromatic carbocycles. The van der Waals surface area contributed by atoms with Crippen molar-refractivity contribution in [2.75, 3.05) is 6.54 Å². The monoisotopic (exact) mass is 337 g/mol. The normalized spacial score (nSPS) is 10.9. The summed E-state index contributed by atoms with van der Waals surface area (Å²) < 4.78 is 4.92. The molecular formula is C18H15N3O4. The predicted octanol–water partition coefficient (Wildman–Crippen LogP) is 2.02. The van der Waals surface area contributed by atoms with Crippen molar-refractivity contribution in [2.24, 2.45) is 5.10 Å². The molecule has 3 aromatic rings. The summed E-state index contributed by atoms with van der Waals surface area (Å²) in [6, 6.07) is 13.9. The van der Waals surface area contributed by atoms with E-state index in [0.29, 0.717) is 5.56 Å². The maximum absolute atomic E-state index is 11.7. The summed E-state index contributed by atoms with van der Waals surface area (Å²) in [5, 5.41) is 18.0. The first-order valence-corrected chi connectivity index (χ1v) is 7.49. The van der Waals surface area contributed by atoms with Gasteiger partial charge in [0, 0.05) is 5.56 Å². The van der Waals surface area contributed by atoms with Gasteiger partial charge in [0.15, 0.2) is 5.76 Å². The number of furan rings is 1. The molecule has 1 aromatic heterocycles. The van der Waals surface area contributed by atoms with Crippen molar-refractivity contribution < 1.29 is 19.1 Å². The van der Waals surface area contributed by atoms with E-state index in [2.05, 4.69) is 15.8 Å². The minimum atomic E-state index is -0.504. The minimum absolute atomic E-state index is 0.0582. The first-order chi connectivity index (χ1) is 12.1. The lowest BCUT2D eigenvalue weighted by atomic mass is 10.0. The number of fused-ring (bicyclic) bond motifs is 1. The second-order valence-corrected chi connectivity index (χ2v) is 5.17. The summed E-state index contributed by atoms with van der Waals surface area (Å²) >= 11 is 0. The van der Waals surface area contributed by atoms with Gasteiger partial charge in [-0.15, -0.1) is 0 Å². The third-order valence-corrected chi connectivity index (χ3v) is 3.49. The molecule has 7 nitrogen and oxygen atoms in total. The summed E-state index contributed by atoms with van der Waals surface area (Å²) in [7, 11) is 0. The summed E-state index contributed by atoms with van der Waals surface area (Å²) in [4.78, 5) is 23.4. The molecule has 0 aliphatic carbocycles. The molecule has 0 fully saturated rings. The van der Waals surface area contributed by atoms with Crippen LogP contribution in [0.4, 0.5) is 0 Å². The van der Waals surface area contributed by atoms with Gasteiger partial charge in [-0.05, 0) is 29.0 Å². The summed E-state index contributed by atoms with van der Waals surface area (Å²) in [5.74, 6) is -0.813. The highest BCUT2D eigenvalue weighted by Crippen LogP contribution is 2.25. The third kappa shape index (κ3) is 3.84. The Labute approximate surface area is 143 Å². The van der Waals surface area contributed by atoms with Crippen LogP contribution < -0.4 is 10.7 Å². The van der Waals surface area contributed by atoms with Gasteiger partial charge in [0.25, 0.3) is 11.8 Å². The van der Waals surface area contributed by atoms with Crippen molar-refractivity contribution >= 4 is 28.8 Å². The van der Waals surface area contributed by atoms with E-state index < -0.39 is 11.8 Å². The van der Waals surface area contributed by atoms with E-state index >= 15 is 0 Å². The zero-order valence-electron chi connectivity index (χ0n) is 13.1. The lowest BCUT2D eigenvalue weighted by molar-refractivity contribution is -0.120. The van der Waals surface area contributed by atoms with Crippen LogP contribution in [-0.2, 0) is 4.79 Å². The molecule has 3 N–H and O–H groups in total. The molecule has 0 radical (unpaired) electrons. The Hall–Kier alpha value is -3.61. The number of hydrazone groups is 1. The predicted molar refractivity (Wildman–Crippen MR) is 92.4 cm³/mol. The molecule has 0 aliphatic rings. The molecule has 126 valence electrons. The van der Waals surface area contributed by atoms with Crippen molar-refractivity contribution in [3.05, 3.63) is 66.1 Å². The molecule has 0 aliphatic heterocycles. The van der Waals surface area contributed by atoms with E-state index in [1.807, 2.05) is 24.3 Å². The lowest BCUT2D eigenvalue weighted by Crippen LogP contribution is -2.34. The maximum Gasteiger partial charge on any atom is 0.287 e. The number of aromatic hydroxyl groups is 1. The fourth-order valence-electron chi connectivity index (χ4n) is 2.28. The van der Waals surface area contributed by atoms with Crippen LogP contribution >= 0.6 is 0 Å². The minimum Gasteiger partial charge on any atom is -0.507 e. The van der Waals surface area contributed by atoms with Crippen LogP contribution in [0, 0.1) is 0 Å². The van der Waals surface area contributed by atoms with Crippen LogP contribution in [0.1, 0.15) is 16.1 Å². The van der Waals surface area contributed by atoms with Gasteiger partial charge in [-0.2, -0.15) is 5.10 Å². The Morgan fingerprint density at radius 3 is 2.76 bits per heavy atom. The zero-order chi connectivity index (χ0) is 17.6. The smallest absolute Gasteiger partial charge is 0.287 e. The number of nitrogens with one attached hydrogen (secondary N) is 2. The van der Waals surface area contributed by atoms with Crippen LogP contribution in [0.25, 0.3) is 10.8 Å². The van der Waals surface area contributed by atoms with Crippen molar-refractivity contribution in [2.45, 2.75) is 0 Å². The molecule has 25 heavy (non-hydrogen) atoms. The van der Waals surface area contributed by atoms with E-state index in [4.69, 9.17) is 4.42 Å². The van der Waals surface area contributed by atoms with Gasteiger partial charge < -0.3 is 14.8 Å². The molecule has 0 bridgehead atoms. The molecule has 0 spiro atoms. The molecule has 7 heteroatoms. The highest BCUT2D eigenvalue weighted by atomic mass is 16.3. The van der Waals surface area contributed by atoms with Crippen LogP contribution in [0.2, 0.25) is 0 Å². The van der Waals surface area contributed by atoms with Crippen molar-refractivity contribution in [3.8, 4) is 5.75 Å². The first-order valence-electron chi connectivity index (χ1n) is 7.49. The average molecular weight is 337 g/mol. The number of benzene rings is 2. The summed E-state index contributed by atoms with van der Waals surface area (Å²) in [6.45, 7) is -0.252. The number of rotatable bonds is 5. The van der Waals surface area contributed by atoms with Gasteiger partial charge in [0.2, 0.25) is 0 Å². The van der Waals surface area contributed by atoms with Gasteiger partial charge in [-0.3, -0.25) is 9.59 Å². The van der Waals surface area contributed by atoms with E-state index in [-0.39, 0.29) is 18.1 Å². The van der Waals surface area contributed by atoms with E-state index in [1.165, 1.54) is 18.5 Å². The number of amides is 2. The van der Waals surface area contributed by atoms with Crippen LogP contribution in [0.3, 0.4) is 0 Å². The Kier molecular flexibility index (Phi) is 4.75. The van der Waals surface area contributed by atoms with Crippen molar-refractivity contribution in [3.63, 3.8) is 0 Å². The number of phenols is 1. The van der Waals surface area contributed by atoms with E-state index in [0.717, 1.165) is 10.8 Å². The summed E-state index contributed by atoms with van der Waals surface area (Å²) in [5.41, 5.74) is 2.80. The number of phenolic OH excluding ortho intramolecular Hbond substituents is 1.